The number of carbonyl (C=O) groups is 1. The van der Waals surface area contributed by atoms with E-state index < -0.39 is 16.3 Å². The van der Waals surface area contributed by atoms with Crippen LogP contribution in [0, 0.1) is 17.0 Å². The number of rotatable bonds is 4. The molecule has 0 radical (unpaired) electrons. The fraction of sp³-hybridized carbons (Fsp3) is 0.0400. The Labute approximate surface area is 194 Å². The number of aryl methyl sites for hydroxylation is 1. The molecule has 5 rings (SSSR count). The quantitative estimate of drug-likeness (QED) is 0.121. The van der Waals surface area contributed by atoms with Gasteiger partial charge in [-0.25, -0.2) is 4.79 Å². The molecular formula is C25H14BrNO6. The minimum atomic E-state index is -0.529. The van der Waals surface area contributed by atoms with Gasteiger partial charge in [0.1, 0.15) is 11.2 Å². The number of furan rings is 1. The summed E-state index contributed by atoms with van der Waals surface area (Å²) in [6.07, 6.45) is 0. The maximum Gasteiger partial charge on any atom is 0.336 e. The van der Waals surface area contributed by atoms with Gasteiger partial charge in [0.25, 0.3) is 5.69 Å². The summed E-state index contributed by atoms with van der Waals surface area (Å²) in [6, 6.07) is 17.6. The van der Waals surface area contributed by atoms with Crippen LogP contribution < -0.4 is 5.63 Å². The highest BCUT2D eigenvalue weighted by molar-refractivity contribution is 9.10. The third-order valence-electron chi connectivity index (χ3n) is 5.45. The summed E-state index contributed by atoms with van der Waals surface area (Å²) in [5.74, 6) is -0.389. The van der Waals surface area contributed by atoms with E-state index >= 15 is 0 Å². The number of carbonyl (C=O) groups excluding carboxylic acids is 1. The van der Waals surface area contributed by atoms with Crippen molar-refractivity contribution in [2.24, 2.45) is 0 Å². The molecule has 0 fully saturated rings. The summed E-state index contributed by atoms with van der Waals surface area (Å²) in [5, 5.41) is 12.2. The van der Waals surface area contributed by atoms with Gasteiger partial charge in [0.2, 0.25) is 5.78 Å². The van der Waals surface area contributed by atoms with Crippen molar-refractivity contribution in [1.82, 2.24) is 0 Å². The summed E-state index contributed by atoms with van der Waals surface area (Å²) in [7, 11) is 0. The minimum absolute atomic E-state index is 0.0535. The average Bonchev–Trinajstić information content (AvgIpc) is 3.19. The van der Waals surface area contributed by atoms with Gasteiger partial charge in [0.05, 0.1) is 10.3 Å². The summed E-state index contributed by atoms with van der Waals surface area (Å²) in [4.78, 5) is 36.1. The van der Waals surface area contributed by atoms with Gasteiger partial charge < -0.3 is 8.83 Å². The van der Waals surface area contributed by atoms with Gasteiger partial charge in [-0.2, -0.15) is 0 Å². The van der Waals surface area contributed by atoms with Crippen molar-refractivity contribution >= 4 is 49.3 Å². The Hall–Kier alpha value is -4.04. The van der Waals surface area contributed by atoms with Crippen molar-refractivity contribution in [1.29, 1.82) is 0 Å². The molecule has 0 saturated carbocycles. The standard InChI is InChI=1S/C25H14BrNO6/c1-13-12-20(28)33-24-18(13)10-11-19-22(24)21(14-2-6-16(26)7-3-14)25(32-19)23(29)15-4-8-17(9-5-15)27(30)31/h2-12H,1H3. The second-order valence-corrected chi connectivity index (χ2v) is 8.43. The minimum Gasteiger partial charge on any atom is -0.452 e. The fourth-order valence-corrected chi connectivity index (χ4v) is 4.14. The van der Waals surface area contributed by atoms with Crippen LogP contribution in [0.5, 0.6) is 0 Å². The highest BCUT2D eigenvalue weighted by atomic mass is 79.9. The van der Waals surface area contributed by atoms with E-state index in [0.717, 1.165) is 15.4 Å². The molecule has 0 aliphatic heterocycles. The second kappa shape index (κ2) is 7.83. The first kappa shape index (κ1) is 20.8. The van der Waals surface area contributed by atoms with Crippen molar-refractivity contribution in [2.75, 3.05) is 0 Å². The third-order valence-corrected chi connectivity index (χ3v) is 5.98. The first-order valence-corrected chi connectivity index (χ1v) is 10.7. The third kappa shape index (κ3) is 3.54. The van der Waals surface area contributed by atoms with Crippen molar-refractivity contribution in [3.63, 3.8) is 0 Å². The van der Waals surface area contributed by atoms with Gasteiger partial charge in [0, 0.05) is 39.2 Å². The van der Waals surface area contributed by atoms with Crippen LogP contribution >= 0.6 is 15.9 Å². The Morgan fingerprint density at radius 2 is 1.67 bits per heavy atom. The van der Waals surface area contributed by atoms with Crippen LogP contribution in [0.1, 0.15) is 21.7 Å². The Morgan fingerprint density at radius 3 is 2.33 bits per heavy atom. The van der Waals surface area contributed by atoms with E-state index in [1.54, 1.807) is 12.1 Å². The van der Waals surface area contributed by atoms with E-state index in [1.165, 1.54) is 30.3 Å². The molecule has 0 bridgehead atoms. The molecule has 162 valence electrons. The molecule has 0 atom stereocenters. The van der Waals surface area contributed by atoms with Crippen LogP contribution in [-0.2, 0) is 0 Å². The van der Waals surface area contributed by atoms with Crippen molar-refractivity contribution in [3.8, 4) is 11.1 Å². The molecule has 5 aromatic rings. The van der Waals surface area contributed by atoms with E-state index in [2.05, 4.69) is 15.9 Å². The molecule has 2 aromatic heterocycles. The highest BCUT2D eigenvalue weighted by Gasteiger charge is 2.26. The first-order valence-electron chi connectivity index (χ1n) is 9.88. The molecule has 0 spiro atoms. The van der Waals surface area contributed by atoms with E-state index in [0.29, 0.717) is 27.7 Å². The predicted molar refractivity (Wildman–Crippen MR) is 127 cm³/mol. The lowest BCUT2D eigenvalue weighted by Gasteiger charge is -2.06. The maximum absolute atomic E-state index is 13.5. The number of hydrogen-bond acceptors (Lipinski definition) is 6. The van der Waals surface area contributed by atoms with Crippen molar-refractivity contribution < 1.29 is 18.6 Å². The fourth-order valence-electron chi connectivity index (χ4n) is 3.88. The Balaban J connectivity index is 1.83. The predicted octanol–water partition coefficient (Wildman–Crippen LogP) is 6.42. The number of fused-ring (bicyclic) bond motifs is 3. The van der Waals surface area contributed by atoms with Crippen LogP contribution in [0.2, 0.25) is 0 Å². The van der Waals surface area contributed by atoms with E-state index in [1.807, 2.05) is 31.2 Å². The van der Waals surface area contributed by atoms with Crippen LogP contribution in [0.4, 0.5) is 5.69 Å². The smallest absolute Gasteiger partial charge is 0.336 e. The second-order valence-electron chi connectivity index (χ2n) is 7.51. The molecule has 8 heteroatoms. The van der Waals surface area contributed by atoms with Crippen molar-refractivity contribution in [2.45, 2.75) is 6.92 Å². The van der Waals surface area contributed by atoms with Gasteiger partial charge in [0.15, 0.2) is 5.76 Å². The van der Waals surface area contributed by atoms with Crippen LogP contribution in [-0.4, -0.2) is 10.7 Å². The van der Waals surface area contributed by atoms with Gasteiger partial charge in [-0.05, 0) is 54.4 Å². The van der Waals surface area contributed by atoms with Crippen LogP contribution in [0.3, 0.4) is 0 Å². The van der Waals surface area contributed by atoms with Gasteiger partial charge >= 0.3 is 5.63 Å². The number of benzene rings is 3. The molecule has 7 nitrogen and oxygen atoms in total. The zero-order valence-electron chi connectivity index (χ0n) is 17.1. The molecule has 2 heterocycles. The lowest BCUT2D eigenvalue weighted by Crippen LogP contribution is -2.02. The van der Waals surface area contributed by atoms with E-state index in [4.69, 9.17) is 8.83 Å². The van der Waals surface area contributed by atoms with E-state index in [9.17, 15) is 19.7 Å². The Bertz CT molecular complexity index is 1630. The summed E-state index contributed by atoms with van der Waals surface area (Å²) in [5.41, 5.74) is 2.26. The van der Waals surface area contributed by atoms with Gasteiger partial charge in [-0.3, -0.25) is 14.9 Å². The topological polar surface area (TPSA) is 104 Å². The molecule has 0 aliphatic carbocycles. The maximum atomic E-state index is 13.5. The Kier molecular flexibility index (Phi) is 4.94. The van der Waals surface area contributed by atoms with Crippen LogP contribution in [0.15, 0.2) is 84.8 Å². The molecule has 0 amide bonds. The number of nitro groups is 1. The summed E-state index contributed by atoms with van der Waals surface area (Å²) < 4.78 is 12.4. The number of halogens is 1. The molecule has 0 unspecified atom stereocenters. The number of ketones is 1. The number of hydrogen-bond donors (Lipinski definition) is 0. The molecule has 0 saturated heterocycles. The molecule has 0 aliphatic rings. The van der Waals surface area contributed by atoms with E-state index in [-0.39, 0.29) is 17.0 Å². The SMILES string of the molecule is Cc1cc(=O)oc2c1ccc1oc(C(=O)c3ccc([N+](=O)[O-])cc3)c(-c3ccc(Br)cc3)c12. The lowest BCUT2D eigenvalue weighted by atomic mass is 9.96. The van der Waals surface area contributed by atoms with Gasteiger partial charge in [-0.15, -0.1) is 0 Å². The number of non-ortho nitro benzene ring substituents is 1. The van der Waals surface area contributed by atoms with Gasteiger partial charge in [-0.1, -0.05) is 28.1 Å². The molecule has 0 N–H and O–H groups in total. The Morgan fingerprint density at radius 1 is 0.970 bits per heavy atom. The average molecular weight is 504 g/mol. The lowest BCUT2D eigenvalue weighted by molar-refractivity contribution is -0.384. The van der Waals surface area contributed by atoms with Crippen LogP contribution in [0.25, 0.3) is 33.1 Å². The first-order chi connectivity index (χ1) is 15.8. The normalized spacial score (nSPS) is 11.2. The summed E-state index contributed by atoms with van der Waals surface area (Å²) >= 11 is 3.41. The zero-order valence-corrected chi connectivity index (χ0v) is 18.7. The largest absolute Gasteiger partial charge is 0.452 e. The molecule has 3 aromatic carbocycles. The number of nitro benzene ring substituents is 1. The zero-order chi connectivity index (χ0) is 23.3. The molecular weight excluding hydrogens is 490 g/mol. The van der Waals surface area contributed by atoms with Crippen molar-refractivity contribution in [3.05, 3.63) is 109 Å². The summed E-state index contributed by atoms with van der Waals surface area (Å²) in [6.45, 7) is 1.81. The monoisotopic (exact) mass is 503 g/mol. The highest BCUT2D eigenvalue weighted by Crippen LogP contribution is 2.40. The molecule has 33 heavy (non-hydrogen) atoms. The number of nitrogens with zero attached hydrogens (tertiary/aromatic N) is 1.